The molecule has 0 unspecified atom stereocenters. The fourth-order valence-electron chi connectivity index (χ4n) is 3.64. The van der Waals surface area contributed by atoms with Crippen LogP contribution >= 0.6 is 11.8 Å². The first-order valence-electron chi connectivity index (χ1n) is 10.4. The molecule has 0 bridgehead atoms. The normalized spacial score (nSPS) is 13.1. The molecule has 0 amide bonds. The monoisotopic (exact) mass is 478 g/mol. The van der Waals surface area contributed by atoms with Crippen molar-refractivity contribution in [3.8, 4) is 17.4 Å². The van der Waals surface area contributed by atoms with Gasteiger partial charge in [0.05, 0.1) is 10.9 Å². The molecule has 4 aromatic heterocycles. The number of methoxy groups -OCH3 is 1. The number of fused-ring (bicyclic) bond motifs is 4. The van der Waals surface area contributed by atoms with Crippen molar-refractivity contribution in [2.24, 2.45) is 0 Å². The van der Waals surface area contributed by atoms with Crippen molar-refractivity contribution in [1.82, 2.24) is 39.3 Å². The van der Waals surface area contributed by atoms with Crippen LogP contribution in [0, 0.1) is 0 Å². The van der Waals surface area contributed by atoms with E-state index < -0.39 is 0 Å². The van der Waals surface area contributed by atoms with Crippen molar-refractivity contribution < 1.29 is 14.2 Å². The Morgan fingerprint density at radius 2 is 2.06 bits per heavy atom. The van der Waals surface area contributed by atoms with Gasteiger partial charge >= 0.3 is 0 Å². The summed E-state index contributed by atoms with van der Waals surface area (Å²) >= 11 is 1.47. The van der Waals surface area contributed by atoms with Gasteiger partial charge in [0, 0.05) is 25.3 Å². The van der Waals surface area contributed by atoms with Crippen LogP contribution in [0.25, 0.3) is 22.6 Å². The number of thioether (sulfide) groups is 1. The van der Waals surface area contributed by atoms with E-state index in [0.717, 1.165) is 17.1 Å². The maximum Gasteiger partial charge on any atom is 0.268 e. The van der Waals surface area contributed by atoms with Crippen molar-refractivity contribution in [2.45, 2.75) is 17.5 Å². The third-order valence-corrected chi connectivity index (χ3v) is 6.11. The topological polar surface area (TPSA) is 134 Å². The molecular formula is C21H18N8O4S. The lowest BCUT2D eigenvalue weighted by molar-refractivity contribution is 0.171. The van der Waals surface area contributed by atoms with Gasteiger partial charge in [0.15, 0.2) is 17.3 Å². The zero-order valence-corrected chi connectivity index (χ0v) is 18.8. The average molecular weight is 478 g/mol. The summed E-state index contributed by atoms with van der Waals surface area (Å²) < 4.78 is 19.2. The van der Waals surface area contributed by atoms with Gasteiger partial charge in [-0.25, -0.2) is 9.55 Å². The standard InChI is InChI=1S/C21H18N8O4S/c1-31-10-17-23-20(26-25-17)28-5-4-14-13(18(28)30)9-22-19-24-21(27-29(14)19)34-11-12-2-3-15-16(8-12)33-7-6-32-15/h2-5,8-9H,6-7,10-11H2,1H3,(H,23,25,26). The Morgan fingerprint density at radius 3 is 2.94 bits per heavy atom. The van der Waals surface area contributed by atoms with E-state index in [-0.39, 0.29) is 18.1 Å². The molecular weight excluding hydrogens is 460 g/mol. The number of aromatic nitrogens is 8. The highest BCUT2D eigenvalue weighted by Gasteiger charge is 2.16. The summed E-state index contributed by atoms with van der Waals surface area (Å²) in [4.78, 5) is 26.2. The van der Waals surface area contributed by atoms with E-state index in [1.165, 1.54) is 22.5 Å². The van der Waals surface area contributed by atoms with Crippen LogP contribution in [0.3, 0.4) is 0 Å². The molecule has 5 heterocycles. The summed E-state index contributed by atoms with van der Waals surface area (Å²) in [5.74, 6) is 3.31. The molecule has 0 saturated carbocycles. The molecule has 0 fully saturated rings. The van der Waals surface area contributed by atoms with E-state index >= 15 is 0 Å². The molecule has 0 atom stereocenters. The predicted octanol–water partition coefficient (Wildman–Crippen LogP) is 1.76. The summed E-state index contributed by atoms with van der Waals surface area (Å²) in [5, 5.41) is 12.3. The van der Waals surface area contributed by atoms with Gasteiger partial charge in [-0.15, -0.1) is 10.2 Å². The molecule has 5 aromatic rings. The number of pyridine rings is 1. The zero-order chi connectivity index (χ0) is 23.1. The second-order valence-corrected chi connectivity index (χ2v) is 8.38. The molecule has 6 rings (SSSR count). The van der Waals surface area contributed by atoms with Crippen LogP contribution in [0.2, 0.25) is 0 Å². The maximum atomic E-state index is 13.1. The number of aromatic amines is 1. The Morgan fingerprint density at radius 1 is 1.18 bits per heavy atom. The van der Waals surface area contributed by atoms with Gasteiger partial charge in [-0.3, -0.25) is 9.89 Å². The first kappa shape index (κ1) is 20.6. The maximum absolute atomic E-state index is 13.1. The lowest BCUT2D eigenvalue weighted by Crippen LogP contribution is -2.20. The molecule has 1 aromatic carbocycles. The number of H-pyrrole nitrogens is 1. The second kappa shape index (κ2) is 8.43. The van der Waals surface area contributed by atoms with Crippen molar-refractivity contribution in [3.63, 3.8) is 0 Å². The number of ether oxygens (including phenoxy) is 3. The summed E-state index contributed by atoms with van der Waals surface area (Å²) in [6.45, 7) is 1.37. The molecule has 0 aliphatic carbocycles. The van der Waals surface area contributed by atoms with Gasteiger partial charge in [0.1, 0.15) is 19.8 Å². The predicted molar refractivity (Wildman–Crippen MR) is 122 cm³/mol. The van der Waals surface area contributed by atoms with E-state index in [1.54, 1.807) is 23.9 Å². The van der Waals surface area contributed by atoms with Crippen LogP contribution in [-0.4, -0.2) is 59.7 Å². The van der Waals surface area contributed by atoms with Gasteiger partial charge in [0.25, 0.3) is 17.3 Å². The fourth-order valence-corrected chi connectivity index (χ4v) is 4.40. The summed E-state index contributed by atoms with van der Waals surface area (Å²) in [7, 11) is 1.56. The molecule has 13 heteroatoms. The highest BCUT2D eigenvalue weighted by atomic mass is 32.2. The molecule has 0 spiro atoms. The van der Waals surface area contributed by atoms with Crippen molar-refractivity contribution in [2.75, 3.05) is 20.3 Å². The number of hydrogen-bond acceptors (Lipinski definition) is 10. The molecule has 0 radical (unpaired) electrons. The Hall–Kier alpha value is -3.97. The second-order valence-electron chi connectivity index (χ2n) is 7.44. The molecule has 172 valence electrons. The Labute approximate surface area is 195 Å². The highest BCUT2D eigenvalue weighted by molar-refractivity contribution is 7.98. The molecule has 1 N–H and O–H groups in total. The highest BCUT2D eigenvalue weighted by Crippen LogP contribution is 2.32. The summed E-state index contributed by atoms with van der Waals surface area (Å²) in [6, 6.07) is 7.64. The van der Waals surface area contributed by atoms with Gasteiger partial charge in [-0.1, -0.05) is 17.8 Å². The van der Waals surface area contributed by atoms with E-state index in [4.69, 9.17) is 14.2 Å². The van der Waals surface area contributed by atoms with Crippen molar-refractivity contribution in [3.05, 3.63) is 58.4 Å². The quantitative estimate of drug-likeness (QED) is 0.360. The van der Waals surface area contributed by atoms with Crippen molar-refractivity contribution >= 4 is 28.4 Å². The van der Waals surface area contributed by atoms with Crippen LogP contribution in [0.1, 0.15) is 11.4 Å². The van der Waals surface area contributed by atoms with Crippen molar-refractivity contribution in [1.29, 1.82) is 0 Å². The molecule has 1 aliphatic rings. The molecule has 1 aliphatic heterocycles. The minimum atomic E-state index is -0.309. The van der Waals surface area contributed by atoms with Gasteiger partial charge in [-0.05, 0) is 23.8 Å². The van der Waals surface area contributed by atoms with Crippen LogP contribution in [0.4, 0.5) is 0 Å². The van der Waals surface area contributed by atoms with Crippen LogP contribution in [0.15, 0.2) is 46.6 Å². The minimum Gasteiger partial charge on any atom is -0.486 e. The third-order valence-electron chi connectivity index (χ3n) is 5.21. The third kappa shape index (κ3) is 3.64. The number of nitrogens with one attached hydrogen (secondary N) is 1. The Kier molecular flexibility index (Phi) is 5.11. The number of nitrogens with zero attached hydrogens (tertiary/aromatic N) is 7. The summed E-state index contributed by atoms with van der Waals surface area (Å²) in [5.41, 5.74) is 1.35. The van der Waals surface area contributed by atoms with E-state index in [0.29, 0.717) is 46.6 Å². The number of benzene rings is 1. The smallest absolute Gasteiger partial charge is 0.268 e. The summed E-state index contributed by atoms with van der Waals surface area (Å²) in [6.07, 6.45) is 3.10. The molecule has 12 nitrogen and oxygen atoms in total. The van der Waals surface area contributed by atoms with E-state index in [9.17, 15) is 4.79 Å². The largest absolute Gasteiger partial charge is 0.486 e. The fraction of sp³-hybridized carbons (Fsp3) is 0.238. The zero-order valence-electron chi connectivity index (χ0n) is 18.0. The van der Waals surface area contributed by atoms with Gasteiger partial charge < -0.3 is 14.2 Å². The lowest BCUT2D eigenvalue weighted by Gasteiger charge is -2.18. The van der Waals surface area contributed by atoms with Gasteiger partial charge in [0.2, 0.25) is 5.16 Å². The van der Waals surface area contributed by atoms with E-state index in [2.05, 4.69) is 30.2 Å². The molecule has 34 heavy (non-hydrogen) atoms. The average Bonchev–Trinajstić information content (AvgIpc) is 3.50. The lowest BCUT2D eigenvalue weighted by atomic mass is 10.2. The van der Waals surface area contributed by atoms with Crippen LogP contribution in [0.5, 0.6) is 11.5 Å². The first-order chi connectivity index (χ1) is 16.7. The number of rotatable bonds is 6. The minimum absolute atomic E-state index is 0.230. The van der Waals surface area contributed by atoms with Crippen LogP contribution < -0.4 is 15.0 Å². The first-order valence-corrected chi connectivity index (χ1v) is 11.4. The van der Waals surface area contributed by atoms with E-state index in [1.807, 2.05) is 18.2 Å². The Balaban J connectivity index is 1.29. The van der Waals surface area contributed by atoms with Crippen LogP contribution in [-0.2, 0) is 17.1 Å². The Bertz CT molecular complexity index is 1580. The molecule has 0 saturated heterocycles. The SMILES string of the molecule is COCc1nc(-n2ccc3c(cnc4nc(SCc5ccc6c(c5)OCCO6)nn43)c2=O)n[nH]1. The number of hydrogen-bond donors (Lipinski definition) is 1. The van der Waals surface area contributed by atoms with Gasteiger partial charge in [-0.2, -0.15) is 14.5 Å².